The summed E-state index contributed by atoms with van der Waals surface area (Å²) in [7, 11) is -2.32. The Bertz CT molecular complexity index is 920. The fourth-order valence-electron chi connectivity index (χ4n) is 3.19. The van der Waals surface area contributed by atoms with Gasteiger partial charge in [0.25, 0.3) is 0 Å². The predicted octanol–water partition coefficient (Wildman–Crippen LogP) is 3.46. The van der Waals surface area contributed by atoms with Crippen LogP contribution in [0.15, 0.2) is 51.8 Å². The fraction of sp³-hybridized carbons (Fsp3) is 0.368. The molecule has 0 aromatic heterocycles. The van der Waals surface area contributed by atoms with Gasteiger partial charge in [0, 0.05) is 35.2 Å². The molecule has 0 aliphatic carbocycles. The van der Waals surface area contributed by atoms with Crippen LogP contribution in [0.4, 0.5) is 0 Å². The Morgan fingerprint density at radius 1 is 1.25 bits per heavy atom. The van der Waals surface area contributed by atoms with E-state index in [4.69, 9.17) is 21.1 Å². The zero-order chi connectivity index (χ0) is 20.1. The van der Waals surface area contributed by atoms with Crippen LogP contribution in [0, 0.1) is 0 Å². The van der Waals surface area contributed by atoms with Crippen LogP contribution >= 0.6 is 27.5 Å². The normalized spacial score (nSPS) is 16.7. The smallest absolute Gasteiger partial charge is 0.244 e. The van der Waals surface area contributed by atoms with Gasteiger partial charge in [0.05, 0.1) is 20.3 Å². The molecular weight excluding hydrogens is 468 g/mol. The lowest BCUT2D eigenvalue weighted by atomic mass is 10.1. The number of hydrogen-bond donors (Lipinski definition) is 1. The molecule has 1 aliphatic rings. The van der Waals surface area contributed by atoms with E-state index in [-0.39, 0.29) is 17.5 Å². The number of ether oxygens (including phenoxy) is 2. The molecule has 0 bridgehead atoms. The van der Waals surface area contributed by atoms with Crippen molar-refractivity contribution in [3.05, 3.63) is 57.5 Å². The minimum atomic E-state index is -3.77. The highest BCUT2D eigenvalue weighted by molar-refractivity contribution is 9.10. The molecule has 0 radical (unpaired) electrons. The molecule has 28 heavy (non-hydrogen) atoms. The molecule has 6 nitrogen and oxygen atoms in total. The maximum atomic E-state index is 13.0. The summed E-state index contributed by atoms with van der Waals surface area (Å²) in [4.78, 5) is 2.30. The van der Waals surface area contributed by atoms with Gasteiger partial charge in [-0.1, -0.05) is 39.7 Å². The minimum absolute atomic E-state index is 0.0937. The van der Waals surface area contributed by atoms with E-state index >= 15 is 0 Å². The number of nitrogens with zero attached hydrogens (tertiary/aromatic N) is 1. The van der Waals surface area contributed by atoms with Crippen molar-refractivity contribution in [1.82, 2.24) is 9.62 Å². The highest BCUT2D eigenvalue weighted by Gasteiger charge is 2.26. The summed E-state index contributed by atoms with van der Waals surface area (Å²) in [5.74, 6) is 0.293. The monoisotopic (exact) mass is 488 g/mol. The van der Waals surface area contributed by atoms with Crippen molar-refractivity contribution in [3.8, 4) is 5.75 Å². The summed E-state index contributed by atoms with van der Waals surface area (Å²) >= 11 is 9.49. The van der Waals surface area contributed by atoms with Crippen LogP contribution in [-0.4, -0.2) is 53.3 Å². The first kappa shape index (κ1) is 21.5. The van der Waals surface area contributed by atoms with E-state index in [1.807, 2.05) is 18.2 Å². The van der Waals surface area contributed by atoms with Crippen LogP contribution < -0.4 is 9.46 Å². The van der Waals surface area contributed by atoms with Crippen LogP contribution in [0.5, 0.6) is 5.75 Å². The molecular formula is C19H22BrClN2O4S. The number of hydrogen-bond acceptors (Lipinski definition) is 5. The molecule has 9 heteroatoms. The number of sulfonamides is 1. The molecule has 152 valence electrons. The van der Waals surface area contributed by atoms with Crippen LogP contribution in [0.1, 0.15) is 11.6 Å². The quantitative estimate of drug-likeness (QED) is 0.645. The van der Waals surface area contributed by atoms with Gasteiger partial charge in [-0.15, -0.1) is 0 Å². The maximum absolute atomic E-state index is 13.0. The largest absolute Gasteiger partial charge is 0.495 e. The highest BCUT2D eigenvalue weighted by atomic mass is 79.9. The van der Waals surface area contributed by atoms with Crippen LogP contribution in [-0.2, 0) is 14.8 Å². The summed E-state index contributed by atoms with van der Waals surface area (Å²) in [6, 6.07) is 12.2. The first-order valence-electron chi connectivity index (χ1n) is 8.81. The van der Waals surface area contributed by atoms with E-state index in [0.29, 0.717) is 28.5 Å². The fourth-order valence-corrected chi connectivity index (χ4v) is 5.13. The maximum Gasteiger partial charge on any atom is 0.244 e. The van der Waals surface area contributed by atoms with Gasteiger partial charge >= 0.3 is 0 Å². The summed E-state index contributed by atoms with van der Waals surface area (Å²) in [5.41, 5.74) is 0.957. The lowest BCUT2D eigenvalue weighted by molar-refractivity contribution is 0.0172. The van der Waals surface area contributed by atoms with Gasteiger partial charge in [0.2, 0.25) is 10.0 Å². The van der Waals surface area contributed by atoms with Crippen molar-refractivity contribution in [2.24, 2.45) is 0 Å². The molecule has 1 atom stereocenters. The highest BCUT2D eigenvalue weighted by Crippen LogP contribution is 2.28. The SMILES string of the molecule is COc1ccc(Br)cc1S(=O)(=O)NCC(c1cccc(Cl)c1)N1CCOCC1. The predicted molar refractivity (Wildman–Crippen MR) is 112 cm³/mol. The van der Waals surface area contributed by atoms with Gasteiger partial charge < -0.3 is 9.47 Å². The zero-order valence-corrected chi connectivity index (χ0v) is 18.6. The van der Waals surface area contributed by atoms with Gasteiger partial charge in [-0.05, 0) is 35.9 Å². The second-order valence-electron chi connectivity index (χ2n) is 6.37. The van der Waals surface area contributed by atoms with Crippen molar-refractivity contribution in [3.63, 3.8) is 0 Å². The van der Waals surface area contributed by atoms with Gasteiger partial charge in [-0.3, -0.25) is 4.90 Å². The molecule has 0 amide bonds. The van der Waals surface area contributed by atoms with E-state index in [1.165, 1.54) is 13.2 Å². The standard InChI is InChI=1S/C19H22BrClN2O4S/c1-26-18-6-5-15(20)12-19(18)28(24,25)22-13-17(23-7-9-27-10-8-23)14-3-2-4-16(21)11-14/h2-6,11-12,17,22H,7-10,13H2,1H3. The van der Waals surface area contributed by atoms with E-state index in [1.54, 1.807) is 18.2 Å². The summed E-state index contributed by atoms with van der Waals surface area (Å²) in [6.45, 7) is 2.88. The van der Waals surface area contributed by atoms with Crippen LogP contribution in [0.3, 0.4) is 0 Å². The van der Waals surface area contributed by atoms with E-state index in [0.717, 1.165) is 18.7 Å². The summed E-state index contributed by atoms with van der Waals surface area (Å²) in [6.07, 6.45) is 0. The molecule has 3 rings (SSSR count). The van der Waals surface area contributed by atoms with Crippen molar-refractivity contribution in [2.45, 2.75) is 10.9 Å². The number of halogens is 2. The lowest BCUT2D eigenvalue weighted by Gasteiger charge is -2.35. The third-order valence-electron chi connectivity index (χ3n) is 4.60. The van der Waals surface area contributed by atoms with Crippen LogP contribution in [0.2, 0.25) is 5.02 Å². The molecule has 1 fully saturated rings. The molecule has 1 heterocycles. The molecule has 1 N–H and O–H groups in total. The third-order valence-corrected chi connectivity index (χ3v) is 6.77. The summed E-state index contributed by atoms with van der Waals surface area (Å²) in [5, 5.41) is 0.618. The topological polar surface area (TPSA) is 67.9 Å². The number of rotatable bonds is 7. The number of nitrogens with one attached hydrogen (secondary N) is 1. The Labute approximate surface area is 179 Å². The lowest BCUT2D eigenvalue weighted by Crippen LogP contribution is -2.43. The van der Waals surface area contributed by atoms with Crippen molar-refractivity contribution in [2.75, 3.05) is 40.0 Å². The first-order chi connectivity index (χ1) is 13.4. The van der Waals surface area contributed by atoms with E-state index < -0.39 is 10.0 Å². The van der Waals surface area contributed by atoms with Gasteiger partial charge in [-0.25, -0.2) is 13.1 Å². The molecule has 2 aromatic carbocycles. The Hall–Kier alpha value is -1.16. The number of morpholine rings is 1. The Morgan fingerprint density at radius 3 is 2.68 bits per heavy atom. The van der Waals surface area contributed by atoms with Crippen molar-refractivity contribution in [1.29, 1.82) is 0 Å². The molecule has 2 aromatic rings. The zero-order valence-electron chi connectivity index (χ0n) is 15.4. The average molecular weight is 490 g/mol. The minimum Gasteiger partial charge on any atom is -0.495 e. The van der Waals surface area contributed by atoms with Crippen molar-refractivity contribution < 1.29 is 17.9 Å². The second-order valence-corrected chi connectivity index (χ2v) is 9.45. The third kappa shape index (κ3) is 5.25. The van der Waals surface area contributed by atoms with Gasteiger partial charge in [0.15, 0.2) is 0 Å². The van der Waals surface area contributed by atoms with E-state index in [9.17, 15) is 8.42 Å². The Kier molecular flexibility index (Phi) is 7.36. The Balaban J connectivity index is 1.86. The number of benzene rings is 2. The average Bonchev–Trinajstić information content (AvgIpc) is 2.69. The number of methoxy groups -OCH3 is 1. The van der Waals surface area contributed by atoms with E-state index in [2.05, 4.69) is 25.6 Å². The molecule has 0 spiro atoms. The molecule has 1 unspecified atom stereocenters. The van der Waals surface area contributed by atoms with Gasteiger partial charge in [0.1, 0.15) is 10.6 Å². The molecule has 1 saturated heterocycles. The first-order valence-corrected chi connectivity index (χ1v) is 11.5. The molecule has 1 aliphatic heterocycles. The summed E-state index contributed by atoms with van der Waals surface area (Å²) < 4.78 is 40.0. The van der Waals surface area contributed by atoms with Gasteiger partial charge in [-0.2, -0.15) is 0 Å². The van der Waals surface area contributed by atoms with Crippen molar-refractivity contribution >= 4 is 37.6 Å². The second kappa shape index (κ2) is 9.56. The molecule has 0 saturated carbocycles. The van der Waals surface area contributed by atoms with Crippen LogP contribution in [0.25, 0.3) is 0 Å². The Morgan fingerprint density at radius 2 is 2.00 bits per heavy atom.